The van der Waals surface area contributed by atoms with Crippen LogP contribution in [-0.4, -0.2) is 45.5 Å². The van der Waals surface area contributed by atoms with Crippen LogP contribution >= 0.6 is 0 Å². The van der Waals surface area contributed by atoms with E-state index in [9.17, 15) is 19.2 Å². The molecule has 1 N–H and O–H groups in total. The summed E-state index contributed by atoms with van der Waals surface area (Å²) in [5.41, 5.74) is 1.17. The van der Waals surface area contributed by atoms with Crippen LogP contribution in [0.1, 0.15) is 39.2 Å². The number of carbonyl (C=O) groups excluding carboxylic acids is 4. The number of nitrogens with zero attached hydrogens (tertiary/aromatic N) is 3. The van der Waals surface area contributed by atoms with Crippen LogP contribution in [0.3, 0.4) is 0 Å². The molecule has 2 amide bonds. The lowest BCUT2D eigenvalue weighted by Crippen LogP contribution is -2.44. The minimum Gasteiger partial charge on any atom is -0.458 e. The predicted molar refractivity (Wildman–Crippen MR) is 123 cm³/mol. The summed E-state index contributed by atoms with van der Waals surface area (Å²) in [4.78, 5) is 52.6. The van der Waals surface area contributed by atoms with Gasteiger partial charge in [-0.05, 0) is 17.2 Å². The molecule has 1 aliphatic heterocycles. The van der Waals surface area contributed by atoms with E-state index in [0.717, 1.165) is 17.2 Å². The van der Waals surface area contributed by atoms with Gasteiger partial charge in [-0.25, -0.2) is 14.6 Å². The molecule has 36 heavy (non-hydrogen) atoms. The minimum atomic E-state index is -1.32. The third-order valence-corrected chi connectivity index (χ3v) is 4.85. The zero-order valence-corrected chi connectivity index (χ0v) is 18.8. The molecule has 2 heterocycles. The summed E-state index contributed by atoms with van der Waals surface area (Å²) >= 11 is 0. The SMILES string of the molecule is O=C1COC(c2nnc(C(=O)OCc3ccccc3)c(/C=C\C(=O)OCc3ccccc3)n2)C(=O)N1. The van der Waals surface area contributed by atoms with Crippen LogP contribution in [0.4, 0.5) is 0 Å². The third-order valence-electron chi connectivity index (χ3n) is 4.85. The second kappa shape index (κ2) is 11.6. The maximum Gasteiger partial charge on any atom is 0.361 e. The van der Waals surface area contributed by atoms with Gasteiger partial charge in [-0.3, -0.25) is 14.9 Å². The first-order valence-corrected chi connectivity index (χ1v) is 10.8. The van der Waals surface area contributed by atoms with Crippen LogP contribution in [0, 0.1) is 0 Å². The van der Waals surface area contributed by atoms with Crippen LogP contribution in [0.2, 0.25) is 0 Å². The van der Waals surface area contributed by atoms with E-state index in [4.69, 9.17) is 14.2 Å². The molecule has 2 aromatic carbocycles. The number of ether oxygens (including phenoxy) is 3. The monoisotopic (exact) mass is 488 g/mol. The number of rotatable bonds is 8. The second-order valence-electron chi connectivity index (χ2n) is 7.50. The van der Waals surface area contributed by atoms with Gasteiger partial charge in [0.05, 0.1) is 0 Å². The van der Waals surface area contributed by atoms with Crippen molar-refractivity contribution in [1.82, 2.24) is 20.5 Å². The fourth-order valence-corrected chi connectivity index (χ4v) is 3.10. The molecule has 4 rings (SSSR count). The first-order chi connectivity index (χ1) is 17.5. The fourth-order valence-electron chi connectivity index (χ4n) is 3.10. The van der Waals surface area contributed by atoms with E-state index >= 15 is 0 Å². The molecule has 1 aliphatic rings. The van der Waals surface area contributed by atoms with Crippen LogP contribution in [0.5, 0.6) is 0 Å². The zero-order chi connectivity index (χ0) is 25.3. The predicted octanol–water partition coefficient (Wildman–Crippen LogP) is 1.70. The van der Waals surface area contributed by atoms with Crippen LogP contribution < -0.4 is 5.32 Å². The van der Waals surface area contributed by atoms with E-state index < -0.39 is 29.9 Å². The Morgan fingerprint density at radius 3 is 2.22 bits per heavy atom. The van der Waals surface area contributed by atoms with Crippen molar-refractivity contribution in [3.63, 3.8) is 0 Å². The quantitative estimate of drug-likeness (QED) is 0.282. The zero-order valence-electron chi connectivity index (χ0n) is 18.8. The first-order valence-electron chi connectivity index (χ1n) is 10.8. The van der Waals surface area contributed by atoms with E-state index in [1.807, 2.05) is 24.3 Å². The summed E-state index contributed by atoms with van der Waals surface area (Å²) in [5, 5.41) is 9.78. The topological polar surface area (TPSA) is 147 Å². The van der Waals surface area contributed by atoms with Crippen LogP contribution in [0.25, 0.3) is 6.08 Å². The average Bonchev–Trinajstić information content (AvgIpc) is 2.90. The van der Waals surface area contributed by atoms with Gasteiger partial charge in [-0.2, -0.15) is 0 Å². The lowest BCUT2D eigenvalue weighted by atomic mass is 10.2. The fraction of sp³-hybridized carbons (Fsp3) is 0.160. The molecule has 0 bridgehead atoms. The molecule has 1 atom stereocenters. The van der Waals surface area contributed by atoms with Crippen molar-refractivity contribution in [2.24, 2.45) is 0 Å². The molecule has 0 aliphatic carbocycles. The molecule has 1 fully saturated rings. The van der Waals surface area contributed by atoms with E-state index in [2.05, 4.69) is 20.5 Å². The van der Waals surface area contributed by atoms with Gasteiger partial charge in [0.1, 0.15) is 25.5 Å². The summed E-state index contributed by atoms with van der Waals surface area (Å²) in [6.45, 7) is -0.355. The van der Waals surface area contributed by atoms with Gasteiger partial charge < -0.3 is 14.2 Å². The van der Waals surface area contributed by atoms with E-state index in [1.54, 1.807) is 36.4 Å². The lowest BCUT2D eigenvalue weighted by molar-refractivity contribution is -0.150. The largest absolute Gasteiger partial charge is 0.458 e. The number of hydrogen-bond donors (Lipinski definition) is 1. The number of morpholine rings is 1. The number of imide groups is 1. The van der Waals surface area contributed by atoms with Gasteiger partial charge in [-0.1, -0.05) is 60.7 Å². The van der Waals surface area contributed by atoms with Crippen molar-refractivity contribution in [3.8, 4) is 0 Å². The number of aromatic nitrogens is 3. The van der Waals surface area contributed by atoms with Crippen LogP contribution in [-0.2, 0) is 41.8 Å². The highest BCUT2D eigenvalue weighted by molar-refractivity contribution is 6.00. The van der Waals surface area contributed by atoms with Crippen molar-refractivity contribution in [1.29, 1.82) is 0 Å². The number of hydrogen-bond acceptors (Lipinski definition) is 10. The van der Waals surface area contributed by atoms with Gasteiger partial charge in [-0.15, -0.1) is 10.2 Å². The molecule has 0 radical (unpaired) electrons. The number of carbonyl (C=O) groups is 4. The van der Waals surface area contributed by atoms with Gasteiger partial charge >= 0.3 is 11.9 Å². The lowest BCUT2D eigenvalue weighted by Gasteiger charge is -2.20. The average molecular weight is 488 g/mol. The highest BCUT2D eigenvalue weighted by Gasteiger charge is 2.32. The molecule has 0 saturated carbocycles. The summed E-state index contributed by atoms with van der Waals surface area (Å²) in [6, 6.07) is 18.1. The smallest absolute Gasteiger partial charge is 0.361 e. The maximum atomic E-state index is 12.7. The summed E-state index contributed by atoms with van der Waals surface area (Å²) in [7, 11) is 0. The standard InChI is InChI=1S/C25H20N4O7/c30-19-15-35-22(24(32)27-19)23-26-18(11-12-20(31)34-13-16-7-3-1-4-8-16)21(28-29-23)25(33)36-14-17-9-5-2-6-10-17/h1-12,22H,13-15H2,(H,27,30,32)/b12-11-. The molecular weight excluding hydrogens is 468 g/mol. The van der Waals surface area contributed by atoms with Gasteiger partial charge in [0.15, 0.2) is 17.6 Å². The molecule has 1 saturated heterocycles. The Morgan fingerprint density at radius 1 is 0.944 bits per heavy atom. The Labute approximate surface area is 205 Å². The number of esters is 2. The number of nitrogens with one attached hydrogen (secondary N) is 1. The Balaban J connectivity index is 1.53. The Hall–Kier alpha value is -4.77. The second-order valence-corrected chi connectivity index (χ2v) is 7.50. The highest BCUT2D eigenvalue weighted by Crippen LogP contribution is 2.18. The van der Waals surface area contributed by atoms with E-state index in [-0.39, 0.29) is 37.0 Å². The van der Waals surface area contributed by atoms with Crippen molar-refractivity contribution in [2.45, 2.75) is 19.3 Å². The molecule has 3 aromatic rings. The third kappa shape index (κ3) is 6.42. The van der Waals surface area contributed by atoms with Crippen molar-refractivity contribution >= 4 is 29.8 Å². The highest BCUT2D eigenvalue weighted by atomic mass is 16.5. The normalized spacial score (nSPS) is 15.4. The van der Waals surface area contributed by atoms with E-state index in [1.165, 1.54) is 6.08 Å². The number of benzene rings is 2. The summed E-state index contributed by atoms with van der Waals surface area (Å²) in [6.07, 6.45) is 0.953. The molecule has 0 spiro atoms. The van der Waals surface area contributed by atoms with Crippen LogP contribution in [0.15, 0.2) is 66.7 Å². The maximum absolute atomic E-state index is 12.7. The summed E-state index contributed by atoms with van der Waals surface area (Å²) in [5.74, 6) is -3.11. The Bertz CT molecular complexity index is 1300. The van der Waals surface area contributed by atoms with Gasteiger partial charge in [0.2, 0.25) is 0 Å². The Kier molecular flexibility index (Phi) is 7.83. The molecule has 1 unspecified atom stereocenters. The first kappa shape index (κ1) is 24.4. The van der Waals surface area contributed by atoms with Gasteiger partial charge in [0.25, 0.3) is 11.8 Å². The molecule has 182 valence electrons. The minimum absolute atomic E-state index is 0.0262. The molecule has 1 aromatic heterocycles. The Morgan fingerprint density at radius 2 is 1.58 bits per heavy atom. The van der Waals surface area contributed by atoms with E-state index in [0.29, 0.717) is 0 Å². The van der Waals surface area contributed by atoms with Crippen molar-refractivity contribution in [3.05, 3.63) is 95.1 Å². The molecular formula is C25H20N4O7. The molecule has 11 heteroatoms. The van der Waals surface area contributed by atoms with Crippen molar-refractivity contribution in [2.75, 3.05) is 6.61 Å². The summed E-state index contributed by atoms with van der Waals surface area (Å²) < 4.78 is 15.7. The molecule has 11 nitrogen and oxygen atoms in total. The van der Waals surface area contributed by atoms with Gasteiger partial charge in [0, 0.05) is 6.08 Å². The number of amides is 2. The van der Waals surface area contributed by atoms with Crippen molar-refractivity contribution < 1.29 is 33.4 Å².